The lowest BCUT2D eigenvalue weighted by atomic mass is 9.98. The molecule has 1 heterocycles. The van der Waals surface area contributed by atoms with Crippen molar-refractivity contribution >= 4 is 34.1 Å². The molecule has 0 aromatic carbocycles. The second-order valence-electron chi connectivity index (χ2n) is 4.97. The van der Waals surface area contributed by atoms with Gasteiger partial charge in [-0.15, -0.1) is 16.8 Å². The van der Waals surface area contributed by atoms with Crippen LogP contribution in [0.2, 0.25) is 0 Å². The molecule has 2 rings (SSSR count). The molecule has 1 fully saturated rings. The second kappa shape index (κ2) is 6.91. The summed E-state index contributed by atoms with van der Waals surface area (Å²) in [6.45, 7) is 6.03. The van der Waals surface area contributed by atoms with Crippen molar-refractivity contribution in [3.8, 4) is 6.07 Å². The number of carbonyl (C=O) groups excluding carboxylic acids is 1. The summed E-state index contributed by atoms with van der Waals surface area (Å²) >= 11 is 2.72. The van der Waals surface area contributed by atoms with Crippen LogP contribution in [0, 0.1) is 17.2 Å². The largest absolute Gasteiger partial charge is 0.357 e. The molecule has 0 spiro atoms. The molecule has 1 saturated carbocycles. The van der Waals surface area contributed by atoms with E-state index < -0.39 is 5.54 Å². The Kier molecular flexibility index (Phi) is 5.20. The number of hydrogen-bond acceptors (Lipinski definition) is 7. The first kappa shape index (κ1) is 15.8. The normalized spacial score (nSPS) is 16.6. The minimum atomic E-state index is -0.741. The molecule has 112 valence electrons. The molecule has 1 aromatic heterocycles. The van der Waals surface area contributed by atoms with E-state index in [0.717, 1.165) is 17.2 Å². The molecule has 1 aliphatic rings. The van der Waals surface area contributed by atoms with Crippen molar-refractivity contribution in [3.05, 3.63) is 12.7 Å². The maximum absolute atomic E-state index is 11.9. The Balaban J connectivity index is 1.79. The van der Waals surface area contributed by atoms with Crippen molar-refractivity contribution in [1.82, 2.24) is 15.5 Å². The van der Waals surface area contributed by atoms with E-state index in [9.17, 15) is 10.1 Å². The van der Waals surface area contributed by atoms with Crippen LogP contribution >= 0.6 is 23.1 Å². The molecule has 0 saturated heterocycles. The number of nitrogens with zero attached hydrogens (tertiary/aromatic N) is 3. The van der Waals surface area contributed by atoms with Crippen LogP contribution in [0.25, 0.3) is 0 Å². The Morgan fingerprint density at radius 2 is 2.43 bits per heavy atom. The first-order chi connectivity index (χ1) is 10.1. The monoisotopic (exact) mass is 323 g/mol. The molecular weight excluding hydrogens is 306 g/mol. The minimum absolute atomic E-state index is 0.147. The maximum Gasteiger partial charge on any atom is 0.231 e. The number of rotatable bonds is 8. The van der Waals surface area contributed by atoms with Crippen molar-refractivity contribution in [3.63, 3.8) is 0 Å². The molecule has 1 aliphatic carbocycles. The van der Waals surface area contributed by atoms with E-state index in [1.807, 2.05) is 0 Å². The third-order valence-electron chi connectivity index (χ3n) is 3.16. The molecule has 6 nitrogen and oxygen atoms in total. The van der Waals surface area contributed by atoms with Crippen LogP contribution in [0.1, 0.15) is 19.8 Å². The van der Waals surface area contributed by atoms with E-state index in [4.69, 9.17) is 0 Å². The van der Waals surface area contributed by atoms with Gasteiger partial charge in [0.25, 0.3) is 0 Å². The molecule has 0 radical (unpaired) electrons. The number of nitriles is 1. The third-order valence-corrected chi connectivity index (χ3v) is 5.17. The van der Waals surface area contributed by atoms with Gasteiger partial charge in [-0.05, 0) is 25.7 Å². The molecule has 21 heavy (non-hydrogen) atoms. The molecule has 1 atom stereocenters. The van der Waals surface area contributed by atoms with Crippen LogP contribution in [0.5, 0.6) is 0 Å². The van der Waals surface area contributed by atoms with Crippen molar-refractivity contribution in [1.29, 1.82) is 5.26 Å². The molecule has 0 aliphatic heterocycles. The van der Waals surface area contributed by atoms with Crippen LogP contribution < -0.4 is 10.6 Å². The number of carbonyl (C=O) groups is 1. The molecule has 1 aromatic rings. The second-order valence-corrected chi connectivity index (χ2v) is 7.17. The van der Waals surface area contributed by atoms with E-state index in [0.29, 0.717) is 11.7 Å². The third kappa shape index (κ3) is 4.44. The van der Waals surface area contributed by atoms with Crippen LogP contribution in [-0.4, -0.2) is 33.9 Å². The van der Waals surface area contributed by atoms with E-state index in [1.54, 1.807) is 13.0 Å². The molecule has 0 bridgehead atoms. The zero-order chi connectivity index (χ0) is 15.3. The highest BCUT2D eigenvalue weighted by molar-refractivity contribution is 8.01. The predicted octanol–water partition coefficient (Wildman–Crippen LogP) is 2.04. The van der Waals surface area contributed by atoms with Crippen LogP contribution in [0.4, 0.5) is 5.13 Å². The van der Waals surface area contributed by atoms with Crippen molar-refractivity contribution in [2.45, 2.75) is 29.6 Å². The van der Waals surface area contributed by atoms with Crippen LogP contribution in [0.15, 0.2) is 17.0 Å². The van der Waals surface area contributed by atoms with Gasteiger partial charge in [-0.3, -0.25) is 4.79 Å². The van der Waals surface area contributed by atoms with Gasteiger partial charge in [0.05, 0.1) is 11.8 Å². The van der Waals surface area contributed by atoms with Crippen molar-refractivity contribution in [2.24, 2.45) is 5.92 Å². The Morgan fingerprint density at radius 1 is 1.67 bits per heavy atom. The summed E-state index contributed by atoms with van der Waals surface area (Å²) in [5.41, 5.74) is -0.741. The number of hydrogen-bond donors (Lipinski definition) is 2. The summed E-state index contributed by atoms with van der Waals surface area (Å²) in [6, 6.07) is 2.21. The van der Waals surface area contributed by atoms with Crippen molar-refractivity contribution in [2.75, 3.05) is 17.6 Å². The summed E-state index contributed by atoms with van der Waals surface area (Å²) in [4.78, 5) is 11.9. The zero-order valence-corrected chi connectivity index (χ0v) is 13.4. The average Bonchev–Trinajstić information content (AvgIpc) is 3.24. The van der Waals surface area contributed by atoms with Gasteiger partial charge in [-0.25, -0.2) is 0 Å². The molecule has 2 N–H and O–H groups in total. The van der Waals surface area contributed by atoms with Gasteiger partial charge in [-0.2, -0.15) is 5.26 Å². The fourth-order valence-corrected chi connectivity index (χ4v) is 3.39. The average molecular weight is 323 g/mol. The summed E-state index contributed by atoms with van der Waals surface area (Å²) in [5.74, 6) is 0.375. The van der Waals surface area contributed by atoms with Crippen LogP contribution in [-0.2, 0) is 4.79 Å². The summed E-state index contributed by atoms with van der Waals surface area (Å²) < 4.78 is 0.724. The number of nitrogens with one attached hydrogen (secondary N) is 2. The highest BCUT2D eigenvalue weighted by Crippen LogP contribution is 2.39. The highest BCUT2D eigenvalue weighted by Gasteiger charge is 2.42. The van der Waals surface area contributed by atoms with E-state index in [-0.39, 0.29) is 17.6 Å². The Bertz CT molecular complexity index is 563. The summed E-state index contributed by atoms with van der Waals surface area (Å²) in [5, 5.41) is 23.7. The number of amides is 1. The van der Waals surface area contributed by atoms with Gasteiger partial charge < -0.3 is 10.6 Å². The minimum Gasteiger partial charge on any atom is -0.357 e. The smallest absolute Gasteiger partial charge is 0.231 e. The van der Waals surface area contributed by atoms with Crippen LogP contribution in [0.3, 0.4) is 0 Å². The lowest BCUT2D eigenvalue weighted by molar-refractivity contribution is -0.119. The molecule has 0 unspecified atom stereocenters. The van der Waals surface area contributed by atoms with E-state index >= 15 is 0 Å². The highest BCUT2D eigenvalue weighted by atomic mass is 32.2. The van der Waals surface area contributed by atoms with Gasteiger partial charge in [0.15, 0.2) is 4.34 Å². The lowest BCUT2D eigenvalue weighted by Crippen LogP contribution is -2.47. The number of thioether (sulfide) groups is 1. The first-order valence-corrected chi connectivity index (χ1v) is 8.41. The number of aromatic nitrogens is 2. The fourth-order valence-electron chi connectivity index (χ4n) is 1.83. The fraction of sp³-hybridized carbons (Fsp3) is 0.538. The Morgan fingerprint density at radius 3 is 3.05 bits per heavy atom. The summed E-state index contributed by atoms with van der Waals surface area (Å²) in [6.07, 6.45) is 3.75. The topological polar surface area (TPSA) is 90.7 Å². The van der Waals surface area contributed by atoms with Gasteiger partial charge in [0, 0.05) is 6.54 Å². The van der Waals surface area contributed by atoms with Gasteiger partial charge in [0.2, 0.25) is 11.0 Å². The number of anilines is 1. The molecule has 8 heteroatoms. The molecular formula is C13H17N5OS2. The predicted molar refractivity (Wildman–Crippen MR) is 84.2 cm³/mol. The Hall–Kier alpha value is -1.59. The van der Waals surface area contributed by atoms with Gasteiger partial charge in [0.1, 0.15) is 5.54 Å². The lowest BCUT2D eigenvalue weighted by Gasteiger charge is -2.22. The van der Waals surface area contributed by atoms with Gasteiger partial charge in [-0.1, -0.05) is 29.2 Å². The van der Waals surface area contributed by atoms with E-state index in [1.165, 1.54) is 23.1 Å². The van der Waals surface area contributed by atoms with E-state index in [2.05, 4.69) is 33.5 Å². The maximum atomic E-state index is 11.9. The summed E-state index contributed by atoms with van der Waals surface area (Å²) in [7, 11) is 0. The Labute approximate surface area is 132 Å². The molecule has 1 amide bonds. The van der Waals surface area contributed by atoms with Crippen molar-refractivity contribution < 1.29 is 4.79 Å². The standard InChI is InChI=1S/C13H17N5OS2/c1-3-6-15-11-17-18-12(21-11)20-7-10(19)16-13(2,8-14)9-4-5-9/h3,9H,1,4-7H2,2H3,(H,15,17)(H,16,19)/t13-/m0/s1. The SMILES string of the molecule is C=CCNc1nnc(SCC(=O)N[C@@](C)(C#N)C2CC2)s1. The first-order valence-electron chi connectivity index (χ1n) is 6.60. The van der Waals surface area contributed by atoms with Gasteiger partial charge >= 0.3 is 0 Å². The quantitative estimate of drug-likeness (QED) is 0.562. The zero-order valence-electron chi connectivity index (χ0n) is 11.8.